The zero-order valence-electron chi connectivity index (χ0n) is 15.0. The summed E-state index contributed by atoms with van der Waals surface area (Å²) in [6.07, 6.45) is 1.02. The molecular weight excluding hydrogens is 345 g/mol. The zero-order chi connectivity index (χ0) is 19.0. The fourth-order valence-corrected chi connectivity index (χ4v) is 3.59. The van der Waals surface area contributed by atoms with Crippen molar-refractivity contribution in [1.82, 2.24) is 10.2 Å². The van der Waals surface area contributed by atoms with Gasteiger partial charge in [0.15, 0.2) is 0 Å². The van der Waals surface area contributed by atoms with Crippen molar-refractivity contribution in [2.75, 3.05) is 13.1 Å². The molecule has 1 N–H and O–H groups in total. The Labute approximate surface area is 156 Å². The predicted octanol–water partition coefficient (Wildman–Crippen LogP) is 2.69. The molecule has 2 amide bonds. The van der Waals surface area contributed by atoms with Gasteiger partial charge in [0, 0.05) is 31.5 Å². The summed E-state index contributed by atoms with van der Waals surface area (Å²) < 4.78 is 13.9. The molecule has 0 aromatic heterocycles. The van der Waals surface area contributed by atoms with Gasteiger partial charge < -0.3 is 10.2 Å². The molecule has 2 heterocycles. The molecule has 0 unspecified atom stereocenters. The quantitative estimate of drug-likeness (QED) is 0.889. The van der Waals surface area contributed by atoms with Crippen molar-refractivity contribution < 1.29 is 14.0 Å². The molecule has 1 fully saturated rings. The number of hydrogen-bond donors (Lipinski definition) is 1. The number of hydrogen-bond acceptors (Lipinski definition) is 3. The van der Waals surface area contributed by atoms with Gasteiger partial charge in [0.05, 0.1) is 5.56 Å². The highest BCUT2D eigenvalue weighted by atomic mass is 19.1. The summed E-state index contributed by atoms with van der Waals surface area (Å²) in [5.74, 6) is -1.03. The molecule has 2 aromatic carbocycles. The van der Waals surface area contributed by atoms with E-state index in [1.54, 1.807) is 17.0 Å². The van der Waals surface area contributed by atoms with Crippen LogP contribution < -0.4 is 5.32 Å². The van der Waals surface area contributed by atoms with E-state index >= 15 is 0 Å². The van der Waals surface area contributed by atoms with E-state index in [0.717, 1.165) is 11.1 Å². The minimum absolute atomic E-state index is 0.0766. The van der Waals surface area contributed by atoms with E-state index < -0.39 is 11.5 Å². The first-order chi connectivity index (χ1) is 13.0. The Kier molecular flexibility index (Phi) is 4.26. The third-order valence-corrected chi connectivity index (χ3v) is 5.19. The van der Waals surface area contributed by atoms with Gasteiger partial charge >= 0.3 is 0 Å². The molecule has 0 radical (unpaired) electrons. The molecular formula is C21H20FN3O2. The van der Waals surface area contributed by atoms with Gasteiger partial charge in [-0.25, -0.2) is 4.39 Å². The summed E-state index contributed by atoms with van der Waals surface area (Å²) in [4.78, 5) is 31.3. The summed E-state index contributed by atoms with van der Waals surface area (Å²) in [6.45, 7) is 2.82. The fraction of sp³-hybridized carbons (Fsp3) is 0.286. The number of carbonyl (C=O) groups is 2. The monoisotopic (exact) mass is 365 g/mol. The highest BCUT2D eigenvalue weighted by Gasteiger charge is 2.43. The molecule has 2 aromatic rings. The molecule has 27 heavy (non-hydrogen) atoms. The molecule has 2 aliphatic heterocycles. The van der Waals surface area contributed by atoms with Gasteiger partial charge in [0.25, 0.3) is 11.8 Å². The summed E-state index contributed by atoms with van der Waals surface area (Å²) in [5.41, 5.74) is 1.74. The summed E-state index contributed by atoms with van der Waals surface area (Å²) in [6, 6.07) is 13.7. The molecule has 0 aliphatic carbocycles. The van der Waals surface area contributed by atoms with Crippen LogP contribution >= 0.6 is 0 Å². The average Bonchev–Trinajstić information content (AvgIpc) is 2.99. The number of amides is 2. The van der Waals surface area contributed by atoms with E-state index in [9.17, 15) is 14.0 Å². The van der Waals surface area contributed by atoms with Gasteiger partial charge in [-0.1, -0.05) is 42.0 Å². The van der Waals surface area contributed by atoms with Gasteiger partial charge in [-0.15, -0.1) is 0 Å². The molecule has 6 heteroatoms. The van der Waals surface area contributed by atoms with E-state index in [1.165, 1.54) is 12.1 Å². The standard InChI is InChI=1S/C21H20FN3O2/c1-14-6-8-15(9-7-14)18-19(26)24-21(23-18)10-12-25(13-11-21)20(27)16-4-2-3-5-17(16)22/h2-9H,10-13H2,1H3,(H,24,26). The fourth-order valence-electron chi connectivity index (χ4n) is 3.59. The Hall–Kier alpha value is -3.02. The second-order valence-corrected chi connectivity index (χ2v) is 7.08. The third-order valence-electron chi connectivity index (χ3n) is 5.19. The lowest BCUT2D eigenvalue weighted by atomic mass is 9.97. The van der Waals surface area contributed by atoms with Gasteiger partial charge in [-0.2, -0.15) is 0 Å². The molecule has 0 bridgehead atoms. The molecule has 4 rings (SSSR count). The van der Waals surface area contributed by atoms with Crippen LogP contribution in [0.2, 0.25) is 0 Å². The van der Waals surface area contributed by atoms with Crippen LogP contribution in [0.3, 0.4) is 0 Å². The molecule has 1 spiro atoms. The Morgan fingerprint density at radius 2 is 1.78 bits per heavy atom. The number of nitrogens with one attached hydrogen (secondary N) is 1. The van der Waals surface area contributed by atoms with Crippen molar-refractivity contribution in [3.05, 3.63) is 71.0 Å². The molecule has 138 valence electrons. The Morgan fingerprint density at radius 1 is 1.11 bits per heavy atom. The molecule has 5 nitrogen and oxygen atoms in total. The van der Waals surface area contributed by atoms with Crippen LogP contribution in [-0.4, -0.2) is 41.2 Å². The highest BCUT2D eigenvalue weighted by Crippen LogP contribution is 2.29. The first-order valence-electron chi connectivity index (χ1n) is 9.01. The van der Waals surface area contributed by atoms with Crippen molar-refractivity contribution in [3.63, 3.8) is 0 Å². The largest absolute Gasteiger partial charge is 0.338 e. The van der Waals surface area contributed by atoms with Crippen molar-refractivity contribution in [1.29, 1.82) is 0 Å². The number of halogens is 1. The molecule has 0 atom stereocenters. The van der Waals surface area contributed by atoms with Crippen LogP contribution in [0.4, 0.5) is 4.39 Å². The highest BCUT2D eigenvalue weighted by molar-refractivity contribution is 6.46. The number of rotatable bonds is 2. The topological polar surface area (TPSA) is 61.8 Å². The maximum atomic E-state index is 13.9. The zero-order valence-corrected chi connectivity index (χ0v) is 15.0. The average molecular weight is 365 g/mol. The van der Waals surface area contributed by atoms with Crippen molar-refractivity contribution in [2.45, 2.75) is 25.4 Å². The van der Waals surface area contributed by atoms with Crippen LogP contribution in [0.25, 0.3) is 0 Å². The lowest BCUT2D eigenvalue weighted by molar-refractivity contribution is -0.115. The molecule has 2 aliphatic rings. The Morgan fingerprint density at radius 3 is 2.44 bits per heavy atom. The van der Waals surface area contributed by atoms with Gasteiger partial charge in [-0.3, -0.25) is 14.6 Å². The number of carbonyl (C=O) groups excluding carboxylic acids is 2. The van der Waals surface area contributed by atoms with Crippen LogP contribution in [-0.2, 0) is 4.79 Å². The predicted molar refractivity (Wildman–Crippen MR) is 100 cm³/mol. The van der Waals surface area contributed by atoms with E-state index in [4.69, 9.17) is 0 Å². The summed E-state index contributed by atoms with van der Waals surface area (Å²) >= 11 is 0. The van der Waals surface area contributed by atoms with Crippen molar-refractivity contribution in [3.8, 4) is 0 Å². The van der Waals surface area contributed by atoms with E-state index in [0.29, 0.717) is 31.6 Å². The number of aliphatic imine (C=N–C) groups is 1. The number of benzene rings is 2. The summed E-state index contributed by atoms with van der Waals surface area (Å²) in [5, 5.41) is 2.99. The maximum Gasteiger partial charge on any atom is 0.272 e. The SMILES string of the molecule is Cc1ccc(C2=NC3(CCN(C(=O)c4ccccc4F)CC3)NC2=O)cc1. The smallest absolute Gasteiger partial charge is 0.272 e. The van der Waals surface area contributed by atoms with E-state index in [1.807, 2.05) is 31.2 Å². The normalized spacial score (nSPS) is 18.4. The lowest BCUT2D eigenvalue weighted by Gasteiger charge is -2.37. The van der Waals surface area contributed by atoms with E-state index in [2.05, 4.69) is 10.3 Å². The van der Waals surface area contributed by atoms with Crippen LogP contribution in [0.5, 0.6) is 0 Å². The summed E-state index contributed by atoms with van der Waals surface area (Å²) in [7, 11) is 0. The number of likely N-dealkylation sites (tertiary alicyclic amines) is 1. The Balaban J connectivity index is 1.50. The third kappa shape index (κ3) is 3.23. The molecule has 1 saturated heterocycles. The van der Waals surface area contributed by atoms with Crippen molar-refractivity contribution in [2.24, 2.45) is 4.99 Å². The maximum absolute atomic E-state index is 13.9. The number of nitrogens with zero attached hydrogens (tertiary/aromatic N) is 2. The van der Waals surface area contributed by atoms with Crippen LogP contribution in [0.1, 0.15) is 34.3 Å². The number of aryl methyl sites for hydroxylation is 1. The minimum atomic E-state index is -0.677. The number of piperidine rings is 1. The second kappa shape index (κ2) is 6.61. The van der Waals surface area contributed by atoms with Gasteiger partial charge in [0.1, 0.15) is 17.2 Å². The first kappa shape index (κ1) is 17.4. The van der Waals surface area contributed by atoms with E-state index in [-0.39, 0.29) is 17.4 Å². The van der Waals surface area contributed by atoms with Gasteiger partial charge in [-0.05, 0) is 19.1 Å². The second-order valence-electron chi connectivity index (χ2n) is 7.08. The van der Waals surface area contributed by atoms with Gasteiger partial charge in [0.2, 0.25) is 0 Å². The molecule has 0 saturated carbocycles. The lowest BCUT2D eigenvalue weighted by Crippen LogP contribution is -2.52. The van der Waals surface area contributed by atoms with Crippen molar-refractivity contribution >= 4 is 17.5 Å². The first-order valence-corrected chi connectivity index (χ1v) is 9.01. The van der Waals surface area contributed by atoms with Crippen LogP contribution in [0, 0.1) is 12.7 Å². The minimum Gasteiger partial charge on any atom is -0.338 e. The Bertz CT molecular complexity index is 929. The van der Waals surface area contributed by atoms with Crippen LogP contribution in [0.15, 0.2) is 53.5 Å².